The number of aromatic nitrogens is 1. The number of alkyl halides is 2. The molecule has 0 aliphatic heterocycles. The number of pyridine rings is 1. The number of aryl methyl sites for hydroxylation is 1. The summed E-state index contributed by atoms with van der Waals surface area (Å²) in [4.78, 5) is 4.26. The van der Waals surface area contributed by atoms with E-state index in [1.54, 1.807) is 6.20 Å². The second kappa shape index (κ2) is 4.40. The molecule has 16 heavy (non-hydrogen) atoms. The van der Waals surface area contributed by atoms with Crippen LogP contribution in [0.1, 0.15) is 30.5 Å². The molecule has 1 unspecified atom stereocenters. The summed E-state index contributed by atoms with van der Waals surface area (Å²) in [5.41, 5.74) is 2.03. The Morgan fingerprint density at radius 1 is 1.56 bits per heavy atom. The summed E-state index contributed by atoms with van der Waals surface area (Å²) in [5, 5.41) is 0. The van der Waals surface area contributed by atoms with Crippen molar-refractivity contribution in [1.29, 1.82) is 0 Å². The van der Waals surface area contributed by atoms with Crippen LogP contribution >= 0.6 is 15.9 Å². The molecule has 1 fully saturated rings. The average Bonchev–Trinajstić information content (AvgIpc) is 2.52. The maximum absolute atomic E-state index is 13.0. The van der Waals surface area contributed by atoms with E-state index in [-0.39, 0.29) is 18.8 Å². The van der Waals surface area contributed by atoms with Crippen LogP contribution in [0.5, 0.6) is 0 Å². The topological polar surface area (TPSA) is 12.9 Å². The standard InChI is InChI=1S/C12H14BrF2N/c1-8-4-10(16-7-11(8)13)5-9-2-3-12(14,15)6-9/h4,7,9H,2-3,5-6H2,1H3. The largest absolute Gasteiger partial charge is 0.260 e. The minimum absolute atomic E-state index is 0.0177. The summed E-state index contributed by atoms with van der Waals surface area (Å²) in [5.74, 6) is -2.36. The third-order valence-corrected chi connectivity index (χ3v) is 3.94. The van der Waals surface area contributed by atoms with Crippen molar-refractivity contribution >= 4 is 15.9 Å². The Labute approximate surface area is 102 Å². The fraction of sp³-hybridized carbons (Fsp3) is 0.583. The van der Waals surface area contributed by atoms with Crippen LogP contribution in [0.4, 0.5) is 8.78 Å². The molecule has 4 heteroatoms. The molecule has 2 rings (SSSR count). The van der Waals surface area contributed by atoms with Gasteiger partial charge in [0.05, 0.1) is 0 Å². The molecule has 1 atom stereocenters. The Kier molecular flexibility index (Phi) is 3.29. The van der Waals surface area contributed by atoms with E-state index < -0.39 is 5.92 Å². The van der Waals surface area contributed by atoms with Crippen LogP contribution in [0.15, 0.2) is 16.7 Å². The van der Waals surface area contributed by atoms with Crippen molar-refractivity contribution in [2.45, 2.75) is 38.5 Å². The minimum Gasteiger partial charge on any atom is -0.260 e. The lowest BCUT2D eigenvalue weighted by atomic mass is 10.0. The van der Waals surface area contributed by atoms with Gasteiger partial charge in [0, 0.05) is 29.2 Å². The Morgan fingerprint density at radius 3 is 2.88 bits per heavy atom. The van der Waals surface area contributed by atoms with Crippen molar-refractivity contribution in [3.8, 4) is 0 Å². The molecule has 0 saturated heterocycles. The van der Waals surface area contributed by atoms with E-state index in [1.165, 1.54) is 0 Å². The molecule has 88 valence electrons. The Balaban J connectivity index is 2.02. The number of nitrogens with zero attached hydrogens (tertiary/aromatic N) is 1. The second-order valence-electron chi connectivity index (χ2n) is 4.59. The molecule has 0 aromatic carbocycles. The quantitative estimate of drug-likeness (QED) is 0.798. The van der Waals surface area contributed by atoms with Gasteiger partial charge in [-0.1, -0.05) is 0 Å². The van der Waals surface area contributed by atoms with Crippen LogP contribution < -0.4 is 0 Å². The van der Waals surface area contributed by atoms with Crippen molar-refractivity contribution in [3.05, 3.63) is 28.0 Å². The number of hydrogen-bond donors (Lipinski definition) is 0. The maximum Gasteiger partial charge on any atom is 0.248 e. The van der Waals surface area contributed by atoms with Gasteiger partial charge < -0.3 is 0 Å². The van der Waals surface area contributed by atoms with Gasteiger partial charge in [0.1, 0.15) is 0 Å². The monoisotopic (exact) mass is 289 g/mol. The number of hydrogen-bond acceptors (Lipinski definition) is 1. The van der Waals surface area contributed by atoms with Gasteiger partial charge in [0.2, 0.25) is 5.92 Å². The maximum atomic E-state index is 13.0. The predicted octanol–water partition coefficient (Wildman–Crippen LogP) is 4.13. The fourth-order valence-electron chi connectivity index (χ4n) is 2.22. The van der Waals surface area contributed by atoms with E-state index in [0.29, 0.717) is 12.8 Å². The van der Waals surface area contributed by atoms with Crippen molar-refractivity contribution in [2.24, 2.45) is 5.92 Å². The van der Waals surface area contributed by atoms with Crippen LogP contribution in [-0.2, 0) is 6.42 Å². The smallest absolute Gasteiger partial charge is 0.248 e. The normalized spacial score (nSPS) is 23.6. The first-order valence-corrected chi connectivity index (χ1v) is 6.24. The molecule has 1 aliphatic carbocycles. The van der Waals surface area contributed by atoms with Crippen LogP contribution in [0.2, 0.25) is 0 Å². The summed E-state index contributed by atoms with van der Waals surface area (Å²) in [6.45, 7) is 1.98. The number of rotatable bonds is 2. The first-order chi connectivity index (χ1) is 7.46. The second-order valence-corrected chi connectivity index (χ2v) is 5.45. The van der Waals surface area contributed by atoms with E-state index in [9.17, 15) is 8.78 Å². The number of halogens is 3. The Bertz CT molecular complexity index is 393. The zero-order valence-electron chi connectivity index (χ0n) is 9.14. The highest BCUT2D eigenvalue weighted by Gasteiger charge is 2.39. The Hall–Kier alpha value is -0.510. The molecule has 1 heterocycles. The SMILES string of the molecule is Cc1cc(CC2CCC(F)(F)C2)ncc1Br. The molecule has 1 saturated carbocycles. The molecular weight excluding hydrogens is 276 g/mol. The zero-order chi connectivity index (χ0) is 11.8. The van der Waals surface area contributed by atoms with E-state index >= 15 is 0 Å². The molecule has 0 N–H and O–H groups in total. The van der Waals surface area contributed by atoms with Crippen molar-refractivity contribution in [3.63, 3.8) is 0 Å². The van der Waals surface area contributed by atoms with Crippen molar-refractivity contribution in [1.82, 2.24) is 4.98 Å². The predicted molar refractivity (Wildman–Crippen MR) is 62.7 cm³/mol. The highest BCUT2D eigenvalue weighted by Crippen LogP contribution is 2.40. The molecule has 1 aromatic rings. The van der Waals surface area contributed by atoms with Crippen molar-refractivity contribution in [2.75, 3.05) is 0 Å². The van der Waals surface area contributed by atoms with Crippen LogP contribution in [0.25, 0.3) is 0 Å². The highest BCUT2D eigenvalue weighted by atomic mass is 79.9. The summed E-state index contributed by atoms with van der Waals surface area (Å²) >= 11 is 3.38. The lowest BCUT2D eigenvalue weighted by Gasteiger charge is -2.10. The molecule has 0 bridgehead atoms. The lowest BCUT2D eigenvalue weighted by molar-refractivity contribution is 0.00505. The van der Waals surface area contributed by atoms with Gasteiger partial charge in [-0.15, -0.1) is 0 Å². The summed E-state index contributed by atoms with van der Waals surface area (Å²) in [7, 11) is 0. The molecule has 1 aromatic heterocycles. The van der Waals surface area contributed by atoms with Gasteiger partial charge in [0.15, 0.2) is 0 Å². The third kappa shape index (κ3) is 2.78. The summed E-state index contributed by atoms with van der Waals surface area (Å²) in [6, 6.07) is 1.97. The molecule has 1 aliphatic rings. The molecule has 0 spiro atoms. The van der Waals surface area contributed by atoms with Gasteiger partial charge in [-0.25, -0.2) is 8.78 Å². The highest BCUT2D eigenvalue weighted by molar-refractivity contribution is 9.10. The van der Waals surface area contributed by atoms with Crippen LogP contribution in [0.3, 0.4) is 0 Å². The van der Waals surface area contributed by atoms with E-state index in [1.807, 2.05) is 13.0 Å². The fourth-order valence-corrected chi connectivity index (χ4v) is 2.44. The van der Waals surface area contributed by atoms with Crippen molar-refractivity contribution < 1.29 is 8.78 Å². The molecule has 1 nitrogen and oxygen atoms in total. The van der Waals surface area contributed by atoms with Gasteiger partial charge in [0.25, 0.3) is 0 Å². The van der Waals surface area contributed by atoms with Gasteiger partial charge in [-0.3, -0.25) is 4.98 Å². The van der Waals surface area contributed by atoms with Crippen LogP contribution in [0, 0.1) is 12.8 Å². The first kappa shape index (κ1) is 12.0. The van der Waals surface area contributed by atoms with E-state index in [2.05, 4.69) is 20.9 Å². The van der Waals surface area contributed by atoms with Gasteiger partial charge >= 0.3 is 0 Å². The van der Waals surface area contributed by atoms with Gasteiger partial charge in [-0.05, 0) is 53.2 Å². The van der Waals surface area contributed by atoms with E-state index in [4.69, 9.17) is 0 Å². The third-order valence-electron chi connectivity index (χ3n) is 3.11. The zero-order valence-corrected chi connectivity index (χ0v) is 10.7. The minimum atomic E-state index is -2.45. The Morgan fingerprint density at radius 2 is 2.31 bits per heavy atom. The molecular formula is C12H14BrF2N. The average molecular weight is 290 g/mol. The summed E-state index contributed by atoms with van der Waals surface area (Å²) < 4.78 is 27.0. The van der Waals surface area contributed by atoms with E-state index in [0.717, 1.165) is 15.7 Å². The van der Waals surface area contributed by atoms with Crippen LogP contribution in [-0.4, -0.2) is 10.9 Å². The molecule has 0 amide bonds. The first-order valence-electron chi connectivity index (χ1n) is 5.45. The lowest BCUT2D eigenvalue weighted by Crippen LogP contribution is -2.11. The molecule has 0 radical (unpaired) electrons. The summed E-state index contributed by atoms with van der Waals surface area (Å²) in [6.07, 6.45) is 3.09. The van der Waals surface area contributed by atoms with Gasteiger partial charge in [-0.2, -0.15) is 0 Å².